The average molecular weight is 562 g/mol. The molecular formula is C23H16F6N2O6S. The molecule has 3 rings (SSSR count). The van der Waals surface area contributed by atoms with Crippen LogP contribution in [0.1, 0.15) is 21.5 Å². The Labute approximate surface area is 210 Å². The first-order valence-electron chi connectivity index (χ1n) is 10.3. The van der Waals surface area contributed by atoms with Crippen LogP contribution < -0.4 is 9.62 Å². The fraction of sp³-hybridized carbons (Fsp3) is 0.130. The number of nitrogens with zero attached hydrogens (tertiary/aromatic N) is 1. The molecule has 8 nitrogen and oxygen atoms in total. The highest BCUT2D eigenvalue weighted by molar-refractivity contribution is 7.93. The standard InChI is InChI=1S/C23H16F6N2O6S/c24-8-15-18(26)20(28)22(21(29)19(15)27)30-38(36,37)10-17(33)31(9-11-1-3-12(25)4-2-11)13-5-6-14(23(34)35)16(32)7-13/h1-7,30,32H,8-10H2,(H,34,35). The minimum atomic E-state index is -5.08. The Kier molecular flexibility index (Phi) is 8.19. The summed E-state index contributed by atoms with van der Waals surface area (Å²) >= 11 is 0. The first-order chi connectivity index (χ1) is 17.8. The number of aromatic carboxylic acids is 1. The van der Waals surface area contributed by atoms with Gasteiger partial charge in [-0.2, -0.15) is 0 Å². The van der Waals surface area contributed by atoms with Crippen LogP contribution >= 0.6 is 0 Å². The third kappa shape index (κ3) is 5.99. The van der Waals surface area contributed by atoms with Gasteiger partial charge in [-0.25, -0.2) is 39.6 Å². The summed E-state index contributed by atoms with van der Waals surface area (Å²) in [6.07, 6.45) is 0. The minimum absolute atomic E-state index is 0.223. The van der Waals surface area contributed by atoms with Crippen molar-refractivity contribution in [3.63, 3.8) is 0 Å². The Morgan fingerprint density at radius 3 is 1.97 bits per heavy atom. The van der Waals surface area contributed by atoms with Crippen LogP contribution in [0.15, 0.2) is 42.5 Å². The number of anilines is 2. The first kappa shape index (κ1) is 28.3. The van der Waals surface area contributed by atoms with Crippen molar-refractivity contribution in [2.75, 3.05) is 15.4 Å². The number of carboxylic acids is 1. The number of hydrogen-bond acceptors (Lipinski definition) is 5. The maximum Gasteiger partial charge on any atom is 0.339 e. The summed E-state index contributed by atoms with van der Waals surface area (Å²) in [5.41, 5.74) is -3.95. The molecule has 0 unspecified atom stereocenters. The molecule has 38 heavy (non-hydrogen) atoms. The van der Waals surface area contributed by atoms with Crippen molar-refractivity contribution >= 4 is 33.3 Å². The number of benzene rings is 3. The Morgan fingerprint density at radius 2 is 1.47 bits per heavy atom. The zero-order chi connectivity index (χ0) is 28.4. The van der Waals surface area contributed by atoms with E-state index in [1.54, 1.807) is 0 Å². The second-order valence-corrected chi connectivity index (χ2v) is 9.44. The van der Waals surface area contributed by atoms with E-state index in [0.717, 1.165) is 35.2 Å². The first-order valence-corrected chi connectivity index (χ1v) is 11.9. The molecule has 3 aromatic carbocycles. The summed E-state index contributed by atoms with van der Waals surface area (Å²) in [7, 11) is -5.08. The molecule has 0 fully saturated rings. The number of aromatic hydroxyl groups is 1. The summed E-state index contributed by atoms with van der Waals surface area (Å²) < 4.78 is 108. The van der Waals surface area contributed by atoms with Crippen LogP contribution in [0.4, 0.5) is 37.7 Å². The molecule has 0 aliphatic rings. The molecule has 3 N–H and O–H groups in total. The monoisotopic (exact) mass is 562 g/mol. The Hall–Kier alpha value is -4.27. The van der Waals surface area contributed by atoms with Gasteiger partial charge >= 0.3 is 5.97 Å². The Balaban J connectivity index is 1.97. The number of carbonyl (C=O) groups is 2. The van der Waals surface area contributed by atoms with Gasteiger partial charge in [-0.3, -0.25) is 9.52 Å². The van der Waals surface area contributed by atoms with Gasteiger partial charge in [0.05, 0.1) is 12.1 Å². The molecule has 0 saturated carbocycles. The lowest BCUT2D eigenvalue weighted by atomic mass is 10.1. The predicted octanol–water partition coefficient (Wildman–Crippen LogP) is 4.23. The molecule has 0 spiro atoms. The zero-order valence-electron chi connectivity index (χ0n) is 18.8. The van der Waals surface area contributed by atoms with Crippen LogP contribution in [0.25, 0.3) is 0 Å². The lowest BCUT2D eigenvalue weighted by molar-refractivity contribution is -0.116. The number of carbonyl (C=O) groups excluding carboxylic acids is 1. The number of sulfonamides is 1. The predicted molar refractivity (Wildman–Crippen MR) is 121 cm³/mol. The van der Waals surface area contributed by atoms with Crippen molar-refractivity contribution in [2.24, 2.45) is 0 Å². The van der Waals surface area contributed by atoms with Crippen LogP contribution in [0.5, 0.6) is 5.75 Å². The van der Waals surface area contributed by atoms with Gasteiger partial charge in [0.2, 0.25) is 15.9 Å². The molecule has 3 aromatic rings. The number of carboxylic acid groups (broad SMARTS) is 1. The second kappa shape index (κ2) is 11.0. The lowest BCUT2D eigenvalue weighted by Crippen LogP contribution is -2.37. The Morgan fingerprint density at radius 1 is 0.895 bits per heavy atom. The molecule has 0 heterocycles. The van der Waals surface area contributed by atoms with Gasteiger partial charge in [-0.05, 0) is 29.8 Å². The van der Waals surface area contributed by atoms with E-state index in [2.05, 4.69) is 0 Å². The van der Waals surface area contributed by atoms with E-state index in [1.807, 2.05) is 0 Å². The van der Waals surface area contributed by atoms with Crippen molar-refractivity contribution in [3.8, 4) is 5.75 Å². The zero-order valence-corrected chi connectivity index (χ0v) is 19.6. The highest BCUT2D eigenvalue weighted by Crippen LogP contribution is 2.30. The maximum absolute atomic E-state index is 14.2. The number of hydrogen-bond donors (Lipinski definition) is 3. The van der Waals surface area contributed by atoms with Gasteiger partial charge in [-0.1, -0.05) is 12.1 Å². The maximum atomic E-state index is 14.2. The molecule has 0 aliphatic heterocycles. The summed E-state index contributed by atoms with van der Waals surface area (Å²) in [6.45, 7) is -2.37. The van der Waals surface area contributed by atoms with E-state index >= 15 is 0 Å². The molecule has 0 saturated heterocycles. The quantitative estimate of drug-likeness (QED) is 0.265. The fourth-order valence-corrected chi connectivity index (χ4v) is 4.32. The average Bonchev–Trinajstić information content (AvgIpc) is 2.84. The summed E-state index contributed by atoms with van der Waals surface area (Å²) in [4.78, 5) is 24.9. The molecular weight excluding hydrogens is 546 g/mol. The number of rotatable bonds is 9. The summed E-state index contributed by atoms with van der Waals surface area (Å²) in [6, 6.07) is 7.30. The number of amides is 1. The topological polar surface area (TPSA) is 124 Å². The van der Waals surface area contributed by atoms with Crippen LogP contribution in [-0.4, -0.2) is 36.3 Å². The van der Waals surface area contributed by atoms with Gasteiger partial charge in [0.15, 0.2) is 23.3 Å². The van der Waals surface area contributed by atoms with E-state index < -0.39 is 92.5 Å². The molecule has 0 atom stereocenters. The second-order valence-electron chi connectivity index (χ2n) is 7.72. The van der Waals surface area contributed by atoms with Crippen molar-refractivity contribution in [3.05, 3.63) is 88.2 Å². The molecule has 0 radical (unpaired) electrons. The minimum Gasteiger partial charge on any atom is -0.507 e. The van der Waals surface area contributed by atoms with Gasteiger partial charge in [0, 0.05) is 11.8 Å². The molecule has 1 amide bonds. The third-order valence-corrected chi connectivity index (χ3v) is 6.28. The van der Waals surface area contributed by atoms with E-state index in [9.17, 15) is 49.5 Å². The fourth-order valence-electron chi connectivity index (χ4n) is 3.28. The van der Waals surface area contributed by atoms with Gasteiger partial charge < -0.3 is 15.1 Å². The highest BCUT2D eigenvalue weighted by atomic mass is 32.2. The lowest BCUT2D eigenvalue weighted by Gasteiger charge is -2.24. The van der Waals surface area contributed by atoms with Crippen LogP contribution in [-0.2, 0) is 28.0 Å². The van der Waals surface area contributed by atoms with Crippen LogP contribution in [0, 0.1) is 29.1 Å². The Bertz CT molecular complexity index is 1490. The third-order valence-electron chi connectivity index (χ3n) is 5.14. The van der Waals surface area contributed by atoms with Crippen LogP contribution in [0.2, 0.25) is 0 Å². The van der Waals surface area contributed by atoms with Crippen molar-refractivity contribution < 1.29 is 54.6 Å². The van der Waals surface area contributed by atoms with Crippen molar-refractivity contribution in [1.82, 2.24) is 0 Å². The van der Waals surface area contributed by atoms with Gasteiger partial charge in [-0.15, -0.1) is 0 Å². The van der Waals surface area contributed by atoms with Gasteiger partial charge in [0.25, 0.3) is 0 Å². The van der Waals surface area contributed by atoms with Crippen molar-refractivity contribution in [2.45, 2.75) is 13.2 Å². The highest BCUT2D eigenvalue weighted by Gasteiger charge is 2.30. The molecule has 0 bridgehead atoms. The van der Waals surface area contributed by atoms with E-state index in [-0.39, 0.29) is 11.3 Å². The number of alkyl halides is 1. The summed E-state index contributed by atoms with van der Waals surface area (Å²) in [5, 5.41) is 19.1. The largest absolute Gasteiger partial charge is 0.507 e. The molecule has 202 valence electrons. The molecule has 0 aromatic heterocycles. The van der Waals surface area contributed by atoms with Crippen molar-refractivity contribution in [1.29, 1.82) is 0 Å². The van der Waals surface area contributed by atoms with E-state index in [4.69, 9.17) is 5.11 Å². The van der Waals surface area contributed by atoms with Gasteiger partial charge in [0.1, 0.15) is 35.2 Å². The van der Waals surface area contributed by atoms with E-state index in [0.29, 0.717) is 0 Å². The normalized spacial score (nSPS) is 11.3. The SMILES string of the molecule is O=C(O)c1ccc(N(Cc2ccc(F)cc2)C(=O)CS(=O)(=O)Nc2c(F)c(F)c(CF)c(F)c2F)cc1O. The smallest absolute Gasteiger partial charge is 0.339 e. The number of nitrogens with one attached hydrogen (secondary N) is 1. The van der Waals surface area contributed by atoms with Crippen LogP contribution in [0.3, 0.4) is 0 Å². The number of halogens is 6. The molecule has 0 aliphatic carbocycles. The summed E-state index contributed by atoms with van der Waals surface area (Å²) in [5.74, 6) is -14.7. The number of phenols is 1. The molecule has 15 heteroatoms. The van der Waals surface area contributed by atoms with E-state index in [1.165, 1.54) is 16.9 Å².